The van der Waals surface area contributed by atoms with E-state index in [1.807, 2.05) is 0 Å². The van der Waals surface area contributed by atoms with Gasteiger partial charge in [-0.05, 0) is 17.8 Å². The van der Waals surface area contributed by atoms with E-state index >= 15 is 0 Å². The molecule has 2 heterocycles. The van der Waals surface area contributed by atoms with Crippen LogP contribution in [0.2, 0.25) is 0 Å². The van der Waals surface area contributed by atoms with Gasteiger partial charge < -0.3 is 4.42 Å². The highest BCUT2D eigenvalue weighted by Crippen LogP contribution is 2.35. The molecule has 1 aliphatic heterocycles. The van der Waals surface area contributed by atoms with Crippen molar-refractivity contribution < 1.29 is 23.9 Å². The molecule has 1 aromatic carbocycles. The molecule has 0 saturated carbocycles. The average molecular weight is 375 g/mol. The van der Waals surface area contributed by atoms with Crippen LogP contribution in [-0.2, 0) is 11.3 Å². The lowest BCUT2D eigenvalue weighted by Gasteiger charge is -2.12. The second kappa shape index (κ2) is 6.80. The summed E-state index contributed by atoms with van der Waals surface area (Å²) in [5, 5.41) is 21.1. The van der Waals surface area contributed by atoms with Crippen LogP contribution in [0.3, 0.4) is 0 Å². The molecule has 132 valence electrons. The predicted octanol–water partition coefficient (Wildman–Crippen LogP) is 3.33. The van der Waals surface area contributed by atoms with E-state index in [2.05, 4.69) is 0 Å². The van der Waals surface area contributed by atoms with E-state index in [1.165, 1.54) is 30.3 Å². The van der Waals surface area contributed by atoms with Gasteiger partial charge >= 0.3 is 5.88 Å². The Morgan fingerprint density at radius 1 is 1.08 bits per heavy atom. The van der Waals surface area contributed by atoms with Crippen molar-refractivity contribution in [2.24, 2.45) is 0 Å². The maximum absolute atomic E-state index is 12.4. The van der Waals surface area contributed by atoms with E-state index in [0.29, 0.717) is 11.8 Å². The number of benzene rings is 1. The fourth-order valence-corrected chi connectivity index (χ4v) is 3.09. The van der Waals surface area contributed by atoms with Crippen LogP contribution in [-0.4, -0.2) is 25.9 Å². The Hall–Kier alpha value is -3.47. The minimum absolute atomic E-state index is 0.0119. The summed E-state index contributed by atoms with van der Waals surface area (Å²) in [6.45, 7) is -0.253. The molecule has 0 bridgehead atoms. The lowest BCUT2D eigenvalue weighted by atomic mass is 10.1. The molecule has 0 aliphatic carbocycles. The van der Waals surface area contributed by atoms with Crippen molar-refractivity contribution in [1.29, 1.82) is 0 Å². The smallest absolute Gasteiger partial charge is 0.401 e. The number of amides is 2. The third kappa shape index (κ3) is 3.32. The van der Waals surface area contributed by atoms with E-state index in [4.69, 9.17) is 4.42 Å². The molecule has 1 aliphatic rings. The van der Waals surface area contributed by atoms with Crippen LogP contribution in [0.5, 0.6) is 0 Å². The number of para-hydroxylation sites is 1. The Bertz CT molecular complexity index is 966. The van der Waals surface area contributed by atoms with Gasteiger partial charge in [0.2, 0.25) is 0 Å². The van der Waals surface area contributed by atoms with Crippen molar-refractivity contribution in [3.8, 4) is 0 Å². The molecule has 2 amide bonds. The minimum Gasteiger partial charge on any atom is -0.401 e. The molecule has 0 radical (unpaired) electrons. The van der Waals surface area contributed by atoms with Gasteiger partial charge in [0.15, 0.2) is 0 Å². The Balaban J connectivity index is 1.84. The zero-order valence-corrected chi connectivity index (χ0v) is 13.7. The van der Waals surface area contributed by atoms with Crippen molar-refractivity contribution in [3.05, 3.63) is 72.9 Å². The standard InChI is InChI=1S/C15H9N3O7S/c19-14-12(7-10-5-6-13(25-10)18(23)24)26-15(20)16(14)8-9-3-1-2-4-11(9)17(21)22/h1-7H,8H2/b12-7-. The molecule has 2 aromatic rings. The number of imide groups is 1. The van der Waals surface area contributed by atoms with Gasteiger partial charge in [0, 0.05) is 17.7 Å². The highest BCUT2D eigenvalue weighted by molar-refractivity contribution is 8.18. The number of nitro groups is 2. The number of hydrogen-bond acceptors (Lipinski definition) is 8. The van der Waals surface area contributed by atoms with Crippen LogP contribution in [0.15, 0.2) is 45.7 Å². The summed E-state index contributed by atoms with van der Waals surface area (Å²) in [4.78, 5) is 45.8. The Morgan fingerprint density at radius 2 is 1.81 bits per heavy atom. The number of carbonyl (C=O) groups excluding carboxylic acids is 2. The normalized spacial score (nSPS) is 15.7. The topological polar surface area (TPSA) is 137 Å². The number of furan rings is 1. The Labute approximate surface area is 149 Å². The van der Waals surface area contributed by atoms with Crippen molar-refractivity contribution in [2.45, 2.75) is 6.54 Å². The molecule has 3 rings (SSSR count). The molecule has 11 heteroatoms. The maximum atomic E-state index is 12.4. The predicted molar refractivity (Wildman–Crippen MR) is 90.0 cm³/mol. The number of rotatable bonds is 5. The second-order valence-electron chi connectivity index (χ2n) is 5.09. The van der Waals surface area contributed by atoms with Gasteiger partial charge in [-0.2, -0.15) is 0 Å². The van der Waals surface area contributed by atoms with Crippen molar-refractivity contribution >= 4 is 40.6 Å². The van der Waals surface area contributed by atoms with Crippen LogP contribution in [0.4, 0.5) is 16.4 Å². The SMILES string of the molecule is O=C1S/C(=C\c2ccc([N+](=O)[O-])o2)C(=O)N1Cc1ccccc1[N+](=O)[O-]. The molecule has 0 atom stereocenters. The lowest BCUT2D eigenvalue weighted by Crippen LogP contribution is -2.27. The molecule has 10 nitrogen and oxygen atoms in total. The second-order valence-corrected chi connectivity index (χ2v) is 6.08. The van der Waals surface area contributed by atoms with Crippen LogP contribution in [0.25, 0.3) is 6.08 Å². The van der Waals surface area contributed by atoms with Gasteiger partial charge in [0.1, 0.15) is 10.7 Å². The summed E-state index contributed by atoms with van der Waals surface area (Å²) in [6, 6.07) is 8.23. The van der Waals surface area contributed by atoms with E-state index in [1.54, 1.807) is 6.07 Å². The molecule has 1 aromatic heterocycles. The first-order valence-corrected chi connectivity index (χ1v) is 7.90. The quantitative estimate of drug-likeness (QED) is 0.441. The van der Waals surface area contributed by atoms with Crippen LogP contribution in [0, 0.1) is 20.2 Å². The number of carbonyl (C=O) groups is 2. The van der Waals surface area contributed by atoms with Crippen molar-refractivity contribution in [1.82, 2.24) is 4.90 Å². The van der Waals surface area contributed by atoms with Crippen molar-refractivity contribution in [2.75, 3.05) is 0 Å². The number of nitro benzene ring substituents is 1. The first-order valence-electron chi connectivity index (χ1n) is 7.08. The van der Waals surface area contributed by atoms with E-state index in [0.717, 1.165) is 11.0 Å². The monoisotopic (exact) mass is 375 g/mol. The first-order chi connectivity index (χ1) is 12.4. The zero-order chi connectivity index (χ0) is 18.8. The fourth-order valence-electron chi connectivity index (χ4n) is 2.28. The molecule has 1 saturated heterocycles. The summed E-state index contributed by atoms with van der Waals surface area (Å²) >= 11 is 0.627. The molecule has 0 spiro atoms. The van der Waals surface area contributed by atoms with Gasteiger partial charge in [0.25, 0.3) is 16.8 Å². The van der Waals surface area contributed by atoms with Gasteiger partial charge in [-0.15, -0.1) is 0 Å². The highest BCUT2D eigenvalue weighted by Gasteiger charge is 2.36. The van der Waals surface area contributed by atoms with Gasteiger partial charge in [-0.3, -0.25) is 34.7 Å². The van der Waals surface area contributed by atoms with Gasteiger partial charge in [0.05, 0.1) is 22.4 Å². The summed E-state index contributed by atoms with van der Waals surface area (Å²) in [7, 11) is 0. The summed E-state index contributed by atoms with van der Waals surface area (Å²) < 4.78 is 4.93. The summed E-state index contributed by atoms with van der Waals surface area (Å²) in [5.41, 5.74) is 0.0203. The third-order valence-electron chi connectivity index (χ3n) is 3.46. The van der Waals surface area contributed by atoms with Crippen LogP contribution in [0.1, 0.15) is 11.3 Å². The van der Waals surface area contributed by atoms with Crippen LogP contribution >= 0.6 is 11.8 Å². The van der Waals surface area contributed by atoms with Gasteiger partial charge in [-0.25, -0.2) is 0 Å². The summed E-state index contributed by atoms with van der Waals surface area (Å²) in [5.74, 6) is -1.10. The van der Waals surface area contributed by atoms with Crippen LogP contribution < -0.4 is 0 Å². The zero-order valence-electron chi connectivity index (χ0n) is 12.9. The molecular formula is C15H9N3O7S. The van der Waals surface area contributed by atoms with E-state index in [9.17, 15) is 29.8 Å². The average Bonchev–Trinajstić information content (AvgIpc) is 3.16. The summed E-state index contributed by atoms with van der Waals surface area (Å²) in [6.07, 6.45) is 1.22. The molecule has 1 fully saturated rings. The molecule has 26 heavy (non-hydrogen) atoms. The largest absolute Gasteiger partial charge is 0.433 e. The number of hydrogen-bond donors (Lipinski definition) is 0. The van der Waals surface area contributed by atoms with E-state index < -0.39 is 26.9 Å². The Morgan fingerprint density at radius 3 is 2.46 bits per heavy atom. The van der Waals surface area contributed by atoms with Gasteiger partial charge in [-0.1, -0.05) is 18.2 Å². The molecule has 0 N–H and O–H groups in total. The molecule has 0 unspecified atom stereocenters. The first kappa shape index (κ1) is 17.4. The number of nitrogens with zero attached hydrogens (tertiary/aromatic N) is 3. The maximum Gasteiger partial charge on any atom is 0.433 e. The van der Waals surface area contributed by atoms with Crippen molar-refractivity contribution in [3.63, 3.8) is 0 Å². The highest BCUT2D eigenvalue weighted by atomic mass is 32.2. The fraction of sp³-hybridized carbons (Fsp3) is 0.0667. The molecular weight excluding hydrogens is 366 g/mol. The number of thioether (sulfide) groups is 1. The Kier molecular flexibility index (Phi) is 4.54. The van der Waals surface area contributed by atoms with E-state index in [-0.39, 0.29) is 28.5 Å². The minimum atomic E-state index is -0.725. The lowest BCUT2D eigenvalue weighted by molar-refractivity contribution is -0.402. The third-order valence-corrected chi connectivity index (χ3v) is 4.36.